The number of alkyl halides is 1. The summed E-state index contributed by atoms with van der Waals surface area (Å²) in [7, 11) is 0. The SMILES string of the molecule is CC(C)CNC(C)CC(C)Cl. The third kappa shape index (κ3) is 8.15. The largest absolute Gasteiger partial charge is 0.314 e. The fourth-order valence-electron chi connectivity index (χ4n) is 1.01. The van der Waals surface area contributed by atoms with Crippen LogP contribution in [0.4, 0.5) is 0 Å². The second-order valence-electron chi connectivity index (χ2n) is 3.72. The monoisotopic (exact) mass is 177 g/mol. The molecule has 2 atom stereocenters. The Morgan fingerprint density at radius 1 is 1.18 bits per heavy atom. The van der Waals surface area contributed by atoms with Crippen LogP contribution in [0.15, 0.2) is 0 Å². The molecule has 0 aromatic heterocycles. The fourth-order valence-corrected chi connectivity index (χ4v) is 1.27. The summed E-state index contributed by atoms with van der Waals surface area (Å²) in [4.78, 5) is 0. The van der Waals surface area contributed by atoms with Crippen molar-refractivity contribution in [1.82, 2.24) is 5.32 Å². The third-order valence-electron chi connectivity index (χ3n) is 1.55. The number of hydrogen-bond acceptors (Lipinski definition) is 1. The Bertz CT molecular complexity index is 91.6. The second kappa shape index (κ2) is 5.84. The minimum atomic E-state index is 0.282. The van der Waals surface area contributed by atoms with E-state index in [-0.39, 0.29) is 5.38 Å². The zero-order chi connectivity index (χ0) is 8.85. The van der Waals surface area contributed by atoms with E-state index in [0.717, 1.165) is 18.9 Å². The fraction of sp³-hybridized carbons (Fsp3) is 1.00. The molecule has 0 saturated carbocycles. The van der Waals surface area contributed by atoms with E-state index in [2.05, 4.69) is 26.1 Å². The number of rotatable bonds is 5. The number of nitrogens with one attached hydrogen (secondary N) is 1. The summed E-state index contributed by atoms with van der Waals surface area (Å²) in [6.45, 7) is 9.73. The van der Waals surface area contributed by atoms with Gasteiger partial charge in [0.2, 0.25) is 0 Å². The smallest absolute Gasteiger partial charge is 0.0322 e. The maximum atomic E-state index is 5.85. The van der Waals surface area contributed by atoms with E-state index in [1.807, 2.05) is 6.92 Å². The standard InChI is InChI=1S/C9H20ClN/c1-7(2)6-11-9(4)5-8(3)10/h7-9,11H,5-6H2,1-4H3. The lowest BCUT2D eigenvalue weighted by atomic mass is 10.1. The van der Waals surface area contributed by atoms with Gasteiger partial charge in [-0.05, 0) is 32.7 Å². The zero-order valence-corrected chi connectivity index (χ0v) is 8.78. The summed E-state index contributed by atoms with van der Waals surface area (Å²) in [5, 5.41) is 3.71. The van der Waals surface area contributed by atoms with Crippen LogP contribution in [0.25, 0.3) is 0 Å². The second-order valence-corrected chi connectivity index (χ2v) is 4.46. The first-order valence-electron chi connectivity index (χ1n) is 4.39. The third-order valence-corrected chi connectivity index (χ3v) is 1.73. The average molecular weight is 178 g/mol. The first kappa shape index (κ1) is 11.2. The quantitative estimate of drug-likeness (QED) is 0.637. The molecule has 0 radical (unpaired) electrons. The van der Waals surface area contributed by atoms with Gasteiger partial charge in [-0.15, -0.1) is 11.6 Å². The van der Waals surface area contributed by atoms with Gasteiger partial charge in [0.25, 0.3) is 0 Å². The van der Waals surface area contributed by atoms with Gasteiger partial charge in [0.1, 0.15) is 0 Å². The van der Waals surface area contributed by atoms with Crippen molar-refractivity contribution in [2.24, 2.45) is 5.92 Å². The van der Waals surface area contributed by atoms with Crippen LogP contribution in [0.2, 0.25) is 0 Å². The molecule has 0 heterocycles. The first-order valence-corrected chi connectivity index (χ1v) is 4.83. The molecule has 2 heteroatoms. The molecule has 0 aliphatic carbocycles. The van der Waals surface area contributed by atoms with E-state index in [1.165, 1.54) is 0 Å². The van der Waals surface area contributed by atoms with E-state index in [9.17, 15) is 0 Å². The Balaban J connectivity index is 3.29. The van der Waals surface area contributed by atoms with Gasteiger partial charge in [0.15, 0.2) is 0 Å². The van der Waals surface area contributed by atoms with Gasteiger partial charge in [-0.25, -0.2) is 0 Å². The lowest BCUT2D eigenvalue weighted by Crippen LogP contribution is -2.31. The van der Waals surface area contributed by atoms with Crippen molar-refractivity contribution in [3.05, 3.63) is 0 Å². The van der Waals surface area contributed by atoms with Crippen LogP contribution in [0.1, 0.15) is 34.1 Å². The molecule has 0 aliphatic heterocycles. The van der Waals surface area contributed by atoms with Crippen molar-refractivity contribution >= 4 is 11.6 Å². The molecule has 0 fully saturated rings. The normalized spacial score (nSPS) is 16.9. The Morgan fingerprint density at radius 2 is 1.73 bits per heavy atom. The first-order chi connectivity index (χ1) is 5.02. The number of halogens is 1. The van der Waals surface area contributed by atoms with Crippen molar-refractivity contribution in [3.8, 4) is 0 Å². The van der Waals surface area contributed by atoms with Crippen molar-refractivity contribution in [2.75, 3.05) is 6.54 Å². The number of hydrogen-bond donors (Lipinski definition) is 1. The van der Waals surface area contributed by atoms with E-state index >= 15 is 0 Å². The highest BCUT2D eigenvalue weighted by atomic mass is 35.5. The molecule has 0 spiro atoms. The summed E-state index contributed by atoms with van der Waals surface area (Å²) in [6.07, 6.45) is 1.05. The Hall–Kier alpha value is 0.250. The molecule has 0 aromatic rings. The molecule has 0 amide bonds. The summed E-state index contributed by atoms with van der Waals surface area (Å²) < 4.78 is 0. The summed E-state index contributed by atoms with van der Waals surface area (Å²) in [5.74, 6) is 0.725. The van der Waals surface area contributed by atoms with Crippen LogP contribution in [-0.4, -0.2) is 18.0 Å². The highest BCUT2D eigenvalue weighted by Crippen LogP contribution is 2.04. The van der Waals surface area contributed by atoms with Crippen molar-refractivity contribution in [1.29, 1.82) is 0 Å². The van der Waals surface area contributed by atoms with Crippen molar-refractivity contribution < 1.29 is 0 Å². The van der Waals surface area contributed by atoms with Crippen LogP contribution >= 0.6 is 11.6 Å². The van der Waals surface area contributed by atoms with Gasteiger partial charge in [0.05, 0.1) is 0 Å². The molecule has 0 aliphatic rings. The van der Waals surface area contributed by atoms with Crippen LogP contribution in [0.3, 0.4) is 0 Å². The molecule has 0 saturated heterocycles. The predicted molar refractivity (Wildman–Crippen MR) is 52.2 cm³/mol. The molecular weight excluding hydrogens is 158 g/mol. The van der Waals surface area contributed by atoms with Gasteiger partial charge in [-0.3, -0.25) is 0 Å². The Morgan fingerprint density at radius 3 is 2.09 bits per heavy atom. The van der Waals surface area contributed by atoms with Gasteiger partial charge < -0.3 is 5.32 Å². The van der Waals surface area contributed by atoms with Crippen LogP contribution in [0, 0.1) is 5.92 Å². The lowest BCUT2D eigenvalue weighted by Gasteiger charge is -2.16. The lowest BCUT2D eigenvalue weighted by molar-refractivity contribution is 0.463. The Kier molecular flexibility index (Phi) is 5.98. The molecule has 0 rings (SSSR count). The van der Waals surface area contributed by atoms with Gasteiger partial charge in [-0.2, -0.15) is 0 Å². The van der Waals surface area contributed by atoms with Crippen molar-refractivity contribution in [2.45, 2.75) is 45.5 Å². The van der Waals surface area contributed by atoms with Gasteiger partial charge in [-0.1, -0.05) is 13.8 Å². The molecule has 68 valence electrons. The molecule has 1 N–H and O–H groups in total. The minimum Gasteiger partial charge on any atom is -0.314 e. The topological polar surface area (TPSA) is 12.0 Å². The maximum Gasteiger partial charge on any atom is 0.0322 e. The van der Waals surface area contributed by atoms with E-state index in [1.54, 1.807) is 0 Å². The highest BCUT2D eigenvalue weighted by molar-refractivity contribution is 6.20. The molecule has 0 aromatic carbocycles. The predicted octanol–water partition coefficient (Wildman–Crippen LogP) is 2.64. The Labute approximate surface area is 75.5 Å². The summed E-state index contributed by atoms with van der Waals surface area (Å²) in [6, 6.07) is 0.546. The molecule has 0 bridgehead atoms. The highest BCUT2D eigenvalue weighted by Gasteiger charge is 2.05. The average Bonchev–Trinajstić information content (AvgIpc) is 1.82. The van der Waals surface area contributed by atoms with E-state index in [4.69, 9.17) is 11.6 Å². The molecule has 1 nitrogen and oxygen atoms in total. The van der Waals surface area contributed by atoms with E-state index in [0.29, 0.717) is 6.04 Å². The zero-order valence-electron chi connectivity index (χ0n) is 8.02. The van der Waals surface area contributed by atoms with Crippen LogP contribution in [-0.2, 0) is 0 Å². The van der Waals surface area contributed by atoms with Gasteiger partial charge >= 0.3 is 0 Å². The molecule has 2 unspecified atom stereocenters. The summed E-state index contributed by atoms with van der Waals surface area (Å²) >= 11 is 5.85. The molecule has 11 heavy (non-hydrogen) atoms. The minimum absolute atomic E-state index is 0.282. The summed E-state index contributed by atoms with van der Waals surface area (Å²) in [5.41, 5.74) is 0. The van der Waals surface area contributed by atoms with Crippen molar-refractivity contribution in [3.63, 3.8) is 0 Å². The molecular formula is C9H20ClN. The van der Waals surface area contributed by atoms with Gasteiger partial charge in [0, 0.05) is 11.4 Å². The van der Waals surface area contributed by atoms with Crippen LogP contribution < -0.4 is 5.32 Å². The van der Waals surface area contributed by atoms with Crippen LogP contribution in [0.5, 0.6) is 0 Å². The van der Waals surface area contributed by atoms with E-state index < -0.39 is 0 Å². The maximum absolute atomic E-state index is 5.85.